The molecule has 1 aromatic heterocycles. The largest absolute Gasteiger partial charge is 0.497 e. The number of benzene rings is 2. The van der Waals surface area contributed by atoms with Crippen LogP contribution in [0.15, 0.2) is 59.9 Å². The maximum absolute atomic E-state index is 12.2. The van der Waals surface area contributed by atoms with Crippen LogP contribution in [0.1, 0.15) is 17.3 Å². The molecule has 144 valence electrons. The van der Waals surface area contributed by atoms with E-state index in [1.54, 1.807) is 37.6 Å². The average molecular weight is 395 g/mol. The van der Waals surface area contributed by atoms with Crippen molar-refractivity contribution < 1.29 is 14.3 Å². The van der Waals surface area contributed by atoms with Crippen molar-refractivity contribution >= 4 is 29.1 Å². The number of carbonyl (C=O) groups is 2. The van der Waals surface area contributed by atoms with Gasteiger partial charge in [0.25, 0.3) is 0 Å². The Kier molecular flexibility index (Phi) is 6.16. The van der Waals surface area contributed by atoms with E-state index in [2.05, 4.69) is 10.3 Å². The molecular formula is C21H21N3O3S. The maximum atomic E-state index is 12.2. The molecule has 0 saturated heterocycles. The van der Waals surface area contributed by atoms with Crippen molar-refractivity contribution in [2.45, 2.75) is 12.1 Å². The van der Waals surface area contributed by atoms with Crippen molar-refractivity contribution in [2.75, 3.05) is 18.2 Å². The minimum atomic E-state index is -0.130. The van der Waals surface area contributed by atoms with Gasteiger partial charge in [0.1, 0.15) is 5.75 Å². The van der Waals surface area contributed by atoms with E-state index in [1.807, 2.05) is 35.9 Å². The Balaban J connectivity index is 1.60. The highest BCUT2D eigenvalue weighted by molar-refractivity contribution is 7.99. The molecule has 0 aliphatic rings. The molecule has 3 rings (SSSR count). The van der Waals surface area contributed by atoms with Gasteiger partial charge in [-0.2, -0.15) is 0 Å². The van der Waals surface area contributed by atoms with Gasteiger partial charge in [-0.05, 0) is 55.5 Å². The number of hydrogen-bond acceptors (Lipinski definition) is 5. The zero-order valence-corrected chi connectivity index (χ0v) is 16.7. The number of imidazole rings is 1. The highest BCUT2D eigenvalue weighted by Gasteiger charge is 2.12. The van der Waals surface area contributed by atoms with Gasteiger partial charge in [0.05, 0.1) is 24.8 Å². The number of hydrogen-bond donors (Lipinski definition) is 1. The predicted octanol–water partition coefficient (Wildman–Crippen LogP) is 4.03. The van der Waals surface area contributed by atoms with E-state index in [4.69, 9.17) is 4.74 Å². The molecule has 0 atom stereocenters. The Morgan fingerprint density at radius 2 is 1.79 bits per heavy atom. The number of ether oxygens (including phenoxy) is 1. The monoisotopic (exact) mass is 395 g/mol. The molecule has 0 radical (unpaired) electrons. The normalized spacial score (nSPS) is 10.5. The van der Waals surface area contributed by atoms with Gasteiger partial charge in [0.15, 0.2) is 10.9 Å². The predicted molar refractivity (Wildman–Crippen MR) is 111 cm³/mol. The number of nitrogens with zero attached hydrogens (tertiary/aromatic N) is 2. The zero-order valence-electron chi connectivity index (χ0n) is 15.9. The van der Waals surface area contributed by atoms with Crippen LogP contribution in [0.3, 0.4) is 0 Å². The molecule has 0 aliphatic heterocycles. The summed E-state index contributed by atoms with van der Waals surface area (Å²) >= 11 is 1.37. The third-order valence-electron chi connectivity index (χ3n) is 4.24. The minimum absolute atomic E-state index is 0.00382. The van der Waals surface area contributed by atoms with Crippen LogP contribution < -0.4 is 10.1 Å². The van der Waals surface area contributed by atoms with Crippen LogP contribution in [0, 0.1) is 0 Å². The average Bonchev–Trinajstić information content (AvgIpc) is 3.07. The molecule has 1 amide bonds. The van der Waals surface area contributed by atoms with Crippen LogP contribution >= 0.6 is 11.8 Å². The summed E-state index contributed by atoms with van der Waals surface area (Å²) in [7, 11) is 3.56. The van der Waals surface area contributed by atoms with Crippen molar-refractivity contribution in [1.82, 2.24) is 9.55 Å². The Labute approximate surface area is 167 Å². The van der Waals surface area contributed by atoms with Gasteiger partial charge in [-0.3, -0.25) is 9.59 Å². The number of anilines is 1. The first-order valence-electron chi connectivity index (χ1n) is 8.67. The number of carbonyl (C=O) groups excluding carboxylic acids is 2. The fourth-order valence-electron chi connectivity index (χ4n) is 2.67. The lowest BCUT2D eigenvalue weighted by atomic mass is 10.1. The lowest BCUT2D eigenvalue weighted by Gasteiger charge is -2.08. The number of ketones is 1. The Hall–Kier alpha value is -3.06. The van der Waals surface area contributed by atoms with Crippen LogP contribution in [-0.2, 0) is 11.8 Å². The van der Waals surface area contributed by atoms with Gasteiger partial charge in [0.2, 0.25) is 5.91 Å². The molecule has 0 unspecified atom stereocenters. The smallest absolute Gasteiger partial charge is 0.234 e. The fraction of sp³-hybridized carbons (Fsp3) is 0.190. The van der Waals surface area contributed by atoms with E-state index in [1.165, 1.54) is 18.7 Å². The van der Waals surface area contributed by atoms with E-state index >= 15 is 0 Å². The number of Topliss-reactive ketones (excluding diaryl/α,β-unsaturated/α-hetero) is 1. The van der Waals surface area contributed by atoms with Crippen molar-refractivity contribution in [3.8, 4) is 17.0 Å². The number of nitrogens with one attached hydrogen (secondary N) is 1. The van der Waals surface area contributed by atoms with Gasteiger partial charge < -0.3 is 14.6 Å². The molecule has 2 aromatic carbocycles. The third kappa shape index (κ3) is 4.61. The lowest BCUT2D eigenvalue weighted by Crippen LogP contribution is -2.14. The topological polar surface area (TPSA) is 73.2 Å². The first kappa shape index (κ1) is 19.7. The lowest BCUT2D eigenvalue weighted by molar-refractivity contribution is -0.113. The molecular weight excluding hydrogens is 374 g/mol. The minimum Gasteiger partial charge on any atom is -0.497 e. The second-order valence-electron chi connectivity index (χ2n) is 6.18. The molecule has 7 heteroatoms. The van der Waals surface area contributed by atoms with Crippen molar-refractivity contribution in [3.05, 3.63) is 60.3 Å². The molecule has 28 heavy (non-hydrogen) atoms. The van der Waals surface area contributed by atoms with Gasteiger partial charge in [-0.15, -0.1) is 0 Å². The molecule has 0 saturated carbocycles. The molecule has 1 N–H and O–H groups in total. The molecule has 3 aromatic rings. The van der Waals surface area contributed by atoms with Crippen LogP contribution in [0.25, 0.3) is 11.3 Å². The highest BCUT2D eigenvalue weighted by Crippen LogP contribution is 2.26. The molecule has 0 bridgehead atoms. The van der Waals surface area contributed by atoms with E-state index < -0.39 is 0 Å². The van der Waals surface area contributed by atoms with Crippen LogP contribution in [0.2, 0.25) is 0 Å². The summed E-state index contributed by atoms with van der Waals surface area (Å²) in [4.78, 5) is 27.9. The first-order valence-corrected chi connectivity index (χ1v) is 9.66. The van der Waals surface area contributed by atoms with Gasteiger partial charge in [-0.25, -0.2) is 4.98 Å². The Morgan fingerprint density at radius 3 is 2.39 bits per heavy atom. The Bertz CT molecular complexity index is 979. The van der Waals surface area contributed by atoms with Crippen LogP contribution in [0.4, 0.5) is 5.69 Å². The number of thioether (sulfide) groups is 1. The second kappa shape index (κ2) is 8.75. The van der Waals surface area contributed by atoms with Gasteiger partial charge in [0, 0.05) is 23.9 Å². The standard InChI is InChI=1S/C21H21N3O3S/c1-14(25)15-4-8-17(9-5-15)23-20(26)13-28-21-22-12-19(24(21)2)16-6-10-18(27-3)11-7-16/h4-12H,13H2,1-3H3,(H,23,26). The first-order chi connectivity index (χ1) is 13.5. The summed E-state index contributed by atoms with van der Waals surface area (Å²) in [6, 6.07) is 14.6. The molecule has 0 fully saturated rings. The maximum Gasteiger partial charge on any atom is 0.234 e. The van der Waals surface area contributed by atoms with Crippen LogP contribution in [-0.4, -0.2) is 34.1 Å². The molecule has 0 spiro atoms. The summed E-state index contributed by atoms with van der Waals surface area (Å²) in [6.07, 6.45) is 1.79. The summed E-state index contributed by atoms with van der Waals surface area (Å²) < 4.78 is 7.14. The van der Waals surface area contributed by atoms with Crippen molar-refractivity contribution in [2.24, 2.45) is 7.05 Å². The summed E-state index contributed by atoms with van der Waals surface area (Å²) in [5.41, 5.74) is 3.27. The SMILES string of the molecule is COc1ccc(-c2cnc(SCC(=O)Nc3ccc(C(C)=O)cc3)n2C)cc1. The van der Waals surface area contributed by atoms with Crippen molar-refractivity contribution in [3.63, 3.8) is 0 Å². The fourth-order valence-corrected chi connectivity index (χ4v) is 3.42. The molecule has 6 nitrogen and oxygen atoms in total. The van der Waals surface area contributed by atoms with E-state index in [9.17, 15) is 9.59 Å². The molecule has 0 aliphatic carbocycles. The quantitative estimate of drug-likeness (QED) is 0.483. The molecule has 1 heterocycles. The van der Waals surface area contributed by atoms with E-state index in [0.717, 1.165) is 22.2 Å². The number of rotatable bonds is 7. The zero-order chi connectivity index (χ0) is 20.1. The van der Waals surface area contributed by atoms with Crippen LogP contribution in [0.5, 0.6) is 5.75 Å². The highest BCUT2D eigenvalue weighted by atomic mass is 32.2. The Morgan fingerprint density at radius 1 is 1.11 bits per heavy atom. The second-order valence-corrected chi connectivity index (χ2v) is 7.13. The number of aromatic nitrogens is 2. The number of methoxy groups -OCH3 is 1. The van der Waals surface area contributed by atoms with Gasteiger partial charge in [-0.1, -0.05) is 11.8 Å². The van der Waals surface area contributed by atoms with E-state index in [0.29, 0.717) is 11.3 Å². The van der Waals surface area contributed by atoms with Gasteiger partial charge >= 0.3 is 0 Å². The summed E-state index contributed by atoms with van der Waals surface area (Å²) in [6.45, 7) is 1.51. The van der Waals surface area contributed by atoms with Crippen molar-refractivity contribution in [1.29, 1.82) is 0 Å². The number of amides is 1. The van der Waals surface area contributed by atoms with E-state index in [-0.39, 0.29) is 17.4 Å². The summed E-state index contributed by atoms with van der Waals surface area (Å²) in [5, 5.41) is 3.58. The third-order valence-corrected chi connectivity index (χ3v) is 5.28. The summed E-state index contributed by atoms with van der Waals surface area (Å²) in [5.74, 6) is 0.903.